The van der Waals surface area contributed by atoms with Crippen LogP contribution in [0.5, 0.6) is 5.88 Å². The molecule has 2 aromatic rings. The molecule has 0 fully saturated rings. The number of nitrogens with one attached hydrogen (secondary N) is 1. The van der Waals surface area contributed by atoms with Gasteiger partial charge in [-0.2, -0.15) is 18.2 Å². The summed E-state index contributed by atoms with van der Waals surface area (Å²) in [5.41, 5.74) is 0.859. The first-order valence-corrected chi connectivity index (χ1v) is 8.23. The zero-order chi connectivity index (χ0) is 18.4. The summed E-state index contributed by atoms with van der Waals surface area (Å²) in [6, 6.07) is 7.58. The van der Waals surface area contributed by atoms with E-state index < -0.39 is 17.6 Å². The Morgan fingerprint density at radius 3 is 2.56 bits per heavy atom. The predicted octanol–water partition coefficient (Wildman–Crippen LogP) is 5.23. The summed E-state index contributed by atoms with van der Waals surface area (Å²) in [5, 5.41) is 2.99. The second kappa shape index (κ2) is 8.18. The van der Waals surface area contributed by atoms with Crippen molar-refractivity contribution in [2.24, 2.45) is 5.92 Å². The Bertz CT molecular complexity index is 702. The first kappa shape index (κ1) is 19.0. The number of hydrogen-bond acceptors (Lipinski definition) is 4. The standard InChI is InChI=1S/C18H22F3N3O/c1-4-7-13-8-5-6-9-15(13)23-17-22-10-14(18(19,20)21)16(24-17)25-11-12(2)3/h5-6,8-10,12H,4,7,11H2,1-3H3,(H,22,23,24). The van der Waals surface area contributed by atoms with Gasteiger partial charge in [-0.05, 0) is 24.0 Å². The van der Waals surface area contributed by atoms with Crippen LogP contribution in [0.4, 0.5) is 24.8 Å². The van der Waals surface area contributed by atoms with Crippen molar-refractivity contribution in [1.82, 2.24) is 9.97 Å². The van der Waals surface area contributed by atoms with Crippen LogP contribution in [0.3, 0.4) is 0 Å². The van der Waals surface area contributed by atoms with Crippen LogP contribution in [0.25, 0.3) is 0 Å². The van der Waals surface area contributed by atoms with Crippen molar-refractivity contribution in [1.29, 1.82) is 0 Å². The van der Waals surface area contributed by atoms with Crippen molar-refractivity contribution in [3.63, 3.8) is 0 Å². The maximum Gasteiger partial charge on any atom is 0.423 e. The molecule has 0 bridgehead atoms. The Kier molecular flexibility index (Phi) is 6.22. The Balaban J connectivity index is 2.31. The number of rotatable bonds is 7. The molecule has 7 heteroatoms. The molecule has 136 valence electrons. The van der Waals surface area contributed by atoms with Crippen molar-refractivity contribution < 1.29 is 17.9 Å². The van der Waals surface area contributed by atoms with Gasteiger partial charge in [-0.1, -0.05) is 45.4 Å². The van der Waals surface area contributed by atoms with Crippen LogP contribution >= 0.6 is 0 Å². The van der Waals surface area contributed by atoms with E-state index in [-0.39, 0.29) is 18.5 Å². The van der Waals surface area contributed by atoms with Gasteiger partial charge in [0.1, 0.15) is 5.56 Å². The van der Waals surface area contributed by atoms with E-state index in [2.05, 4.69) is 22.2 Å². The molecular formula is C18H22F3N3O. The van der Waals surface area contributed by atoms with E-state index in [0.717, 1.165) is 30.3 Å². The number of para-hydroxylation sites is 1. The smallest absolute Gasteiger partial charge is 0.423 e. The van der Waals surface area contributed by atoms with E-state index in [4.69, 9.17) is 4.74 Å². The summed E-state index contributed by atoms with van der Waals surface area (Å²) in [7, 11) is 0. The van der Waals surface area contributed by atoms with Crippen molar-refractivity contribution in [3.8, 4) is 5.88 Å². The fourth-order valence-electron chi connectivity index (χ4n) is 2.23. The van der Waals surface area contributed by atoms with Crippen LogP contribution < -0.4 is 10.1 Å². The highest BCUT2D eigenvalue weighted by Gasteiger charge is 2.36. The van der Waals surface area contributed by atoms with E-state index in [0.29, 0.717) is 0 Å². The van der Waals surface area contributed by atoms with Gasteiger partial charge in [0.05, 0.1) is 6.61 Å². The largest absolute Gasteiger partial charge is 0.477 e. The molecule has 1 heterocycles. The predicted molar refractivity (Wildman–Crippen MR) is 91.1 cm³/mol. The van der Waals surface area contributed by atoms with Crippen LogP contribution in [-0.2, 0) is 12.6 Å². The quantitative estimate of drug-likeness (QED) is 0.741. The van der Waals surface area contributed by atoms with E-state index in [9.17, 15) is 13.2 Å². The fraction of sp³-hybridized carbons (Fsp3) is 0.444. The number of anilines is 2. The third kappa shape index (κ3) is 5.34. The minimum atomic E-state index is -4.56. The molecule has 0 aliphatic carbocycles. The molecule has 2 rings (SSSR count). The lowest BCUT2D eigenvalue weighted by atomic mass is 10.1. The maximum atomic E-state index is 13.1. The van der Waals surface area contributed by atoms with Crippen LogP contribution in [0.15, 0.2) is 30.5 Å². The average Bonchev–Trinajstić information content (AvgIpc) is 2.54. The molecular weight excluding hydrogens is 331 g/mol. The lowest BCUT2D eigenvalue weighted by molar-refractivity contribution is -0.139. The van der Waals surface area contributed by atoms with Crippen LogP contribution in [0.2, 0.25) is 0 Å². The van der Waals surface area contributed by atoms with Crippen LogP contribution in [-0.4, -0.2) is 16.6 Å². The van der Waals surface area contributed by atoms with Crippen molar-refractivity contribution in [2.75, 3.05) is 11.9 Å². The molecule has 1 aromatic heterocycles. The number of benzene rings is 1. The average molecular weight is 353 g/mol. The third-order valence-electron chi connectivity index (χ3n) is 3.40. The van der Waals surface area contributed by atoms with Gasteiger partial charge in [-0.3, -0.25) is 0 Å². The first-order chi connectivity index (χ1) is 11.8. The minimum Gasteiger partial charge on any atom is -0.477 e. The highest BCUT2D eigenvalue weighted by Crippen LogP contribution is 2.35. The number of halogens is 3. The molecule has 0 amide bonds. The van der Waals surface area contributed by atoms with E-state index in [1.807, 2.05) is 38.1 Å². The zero-order valence-electron chi connectivity index (χ0n) is 14.5. The molecule has 4 nitrogen and oxygen atoms in total. The zero-order valence-corrected chi connectivity index (χ0v) is 14.5. The van der Waals surface area contributed by atoms with Crippen molar-refractivity contribution in [2.45, 2.75) is 39.8 Å². The Hall–Kier alpha value is -2.31. The van der Waals surface area contributed by atoms with Crippen LogP contribution in [0, 0.1) is 5.92 Å². The monoisotopic (exact) mass is 353 g/mol. The van der Waals surface area contributed by atoms with Gasteiger partial charge in [0, 0.05) is 11.9 Å². The van der Waals surface area contributed by atoms with Crippen molar-refractivity contribution in [3.05, 3.63) is 41.6 Å². The Morgan fingerprint density at radius 2 is 1.92 bits per heavy atom. The molecule has 0 saturated carbocycles. The maximum absolute atomic E-state index is 13.1. The number of nitrogens with zero attached hydrogens (tertiary/aromatic N) is 2. The highest BCUT2D eigenvalue weighted by molar-refractivity contribution is 5.59. The van der Waals surface area contributed by atoms with Crippen molar-refractivity contribution >= 4 is 11.6 Å². The number of aromatic nitrogens is 2. The van der Waals surface area contributed by atoms with Gasteiger partial charge in [-0.15, -0.1) is 0 Å². The molecule has 0 aliphatic heterocycles. The molecule has 1 N–H and O–H groups in total. The van der Waals surface area contributed by atoms with Gasteiger partial charge in [0.25, 0.3) is 0 Å². The SMILES string of the molecule is CCCc1ccccc1Nc1ncc(C(F)(F)F)c(OCC(C)C)n1. The van der Waals surface area contributed by atoms with Gasteiger partial charge in [0.2, 0.25) is 11.8 Å². The molecule has 0 atom stereocenters. The normalized spacial score (nSPS) is 11.6. The topological polar surface area (TPSA) is 47.0 Å². The van der Waals surface area contributed by atoms with Gasteiger partial charge >= 0.3 is 6.18 Å². The van der Waals surface area contributed by atoms with E-state index in [1.165, 1.54) is 0 Å². The molecule has 0 spiro atoms. The van der Waals surface area contributed by atoms with Gasteiger partial charge in [0.15, 0.2) is 0 Å². The number of hydrogen-bond donors (Lipinski definition) is 1. The molecule has 0 saturated heterocycles. The lowest BCUT2D eigenvalue weighted by Crippen LogP contribution is -2.14. The Labute approximate surface area is 145 Å². The van der Waals surface area contributed by atoms with Gasteiger partial charge in [-0.25, -0.2) is 4.98 Å². The molecule has 0 aliphatic rings. The van der Waals surface area contributed by atoms with E-state index in [1.54, 1.807) is 0 Å². The molecule has 0 unspecified atom stereocenters. The summed E-state index contributed by atoms with van der Waals surface area (Å²) in [4.78, 5) is 7.75. The number of aryl methyl sites for hydroxylation is 1. The summed E-state index contributed by atoms with van der Waals surface area (Å²) in [5.74, 6) is -0.292. The minimum absolute atomic E-state index is 0.0790. The number of alkyl halides is 3. The van der Waals surface area contributed by atoms with Crippen LogP contribution in [0.1, 0.15) is 38.3 Å². The Morgan fingerprint density at radius 1 is 1.20 bits per heavy atom. The molecule has 1 aromatic carbocycles. The summed E-state index contributed by atoms with van der Waals surface area (Å²) >= 11 is 0. The summed E-state index contributed by atoms with van der Waals surface area (Å²) in [6.45, 7) is 5.92. The summed E-state index contributed by atoms with van der Waals surface area (Å²) < 4.78 is 44.6. The van der Waals surface area contributed by atoms with E-state index >= 15 is 0 Å². The first-order valence-electron chi connectivity index (χ1n) is 8.23. The highest BCUT2D eigenvalue weighted by atomic mass is 19.4. The second-order valence-electron chi connectivity index (χ2n) is 6.15. The number of ether oxygens (including phenoxy) is 1. The third-order valence-corrected chi connectivity index (χ3v) is 3.40. The molecule has 25 heavy (non-hydrogen) atoms. The van der Waals surface area contributed by atoms with Gasteiger partial charge < -0.3 is 10.1 Å². The lowest BCUT2D eigenvalue weighted by Gasteiger charge is -2.16. The second-order valence-corrected chi connectivity index (χ2v) is 6.15. The summed E-state index contributed by atoms with van der Waals surface area (Å²) in [6.07, 6.45) is -2.01. The molecule has 0 radical (unpaired) electrons. The fourth-order valence-corrected chi connectivity index (χ4v) is 2.23.